The van der Waals surface area contributed by atoms with E-state index in [-0.39, 0.29) is 5.91 Å². The molecule has 0 bridgehead atoms. The van der Waals surface area contributed by atoms with E-state index in [0.29, 0.717) is 34.6 Å². The van der Waals surface area contributed by atoms with Gasteiger partial charge in [0.25, 0.3) is 5.91 Å². The molecule has 0 unspecified atom stereocenters. The number of nitriles is 1. The van der Waals surface area contributed by atoms with Gasteiger partial charge in [-0.2, -0.15) is 5.26 Å². The standard InChI is InChI=1S/C27H20ClN5O/c1-16-6-20-7-18(8-21(12-29)26(20)32-13-16)9-22-11-19(4-5-30-22)27(34)33-14-17-2-3-25-23(10-17)24(28)15-31-25/h2-8,10-11,13,15,31H,9,14H2,1H3,(H,33,34). The molecule has 0 saturated carbocycles. The lowest BCUT2D eigenvalue weighted by atomic mass is 10.0. The number of amides is 1. The van der Waals surface area contributed by atoms with E-state index in [1.165, 1.54) is 0 Å². The van der Waals surface area contributed by atoms with Gasteiger partial charge in [-0.05, 0) is 66.1 Å². The third-order valence-corrected chi connectivity index (χ3v) is 6.03. The number of nitrogens with zero attached hydrogens (tertiary/aromatic N) is 3. The highest BCUT2D eigenvalue weighted by Crippen LogP contribution is 2.24. The van der Waals surface area contributed by atoms with Crippen molar-refractivity contribution < 1.29 is 4.79 Å². The SMILES string of the molecule is Cc1cnc2c(C#N)cc(Cc3cc(C(=O)NCc4ccc5[nH]cc(Cl)c5c4)ccn3)cc2c1. The number of nitrogens with one attached hydrogen (secondary N) is 2. The van der Waals surface area contributed by atoms with Gasteiger partial charge in [0.05, 0.1) is 16.1 Å². The van der Waals surface area contributed by atoms with Crippen molar-refractivity contribution in [3.05, 3.63) is 106 Å². The van der Waals surface area contributed by atoms with Gasteiger partial charge < -0.3 is 10.3 Å². The van der Waals surface area contributed by atoms with Gasteiger partial charge in [-0.1, -0.05) is 17.7 Å². The van der Waals surface area contributed by atoms with Crippen LogP contribution in [0.5, 0.6) is 0 Å². The first-order valence-corrected chi connectivity index (χ1v) is 11.2. The summed E-state index contributed by atoms with van der Waals surface area (Å²) in [5, 5.41) is 15.0. The molecule has 0 fully saturated rings. The van der Waals surface area contributed by atoms with Crippen molar-refractivity contribution in [1.29, 1.82) is 5.26 Å². The molecule has 0 aliphatic heterocycles. The zero-order valence-corrected chi connectivity index (χ0v) is 19.1. The molecule has 3 aromatic heterocycles. The number of halogens is 1. The molecule has 6 nitrogen and oxygen atoms in total. The third kappa shape index (κ3) is 4.34. The Labute approximate surface area is 201 Å². The van der Waals surface area contributed by atoms with Crippen LogP contribution in [-0.2, 0) is 13.0 Å². The summed E-state index contributed by atoms with van der Waals surface area (Å²) >= 11 is 6.20. The predicted molar refractivity (Wildman–Crippen MR) is 133 cm³/mol. The highest BCUT2D eigenvalue weighted by Gasteiger charge is 2.11. The molecule has 0 spiro atoms. The Balaban J connectivity index is 1.33. The number of carbonyl (C=O) groups is 1. The van der Waals surface area contributed by atoms with Gasteiger partial charge in [-0.25, -0.2) is 0 Å². The summed E-state index contributed by atoms with van der Waals surface area (Å²) in [5.74, 6) is -0.181. The van der Waals surface area contributed by atoms with Crippen LogP contribution >= 0.6 is 11.6 Å². The summed E-state index contributed by atoms with van der Waals surface area (Å²) in [7, 11) is 0. The van der Waals surface area contributed by atoms with Crippen LogP contribution in [0, 0.1) is 18.3 Å². The minimum atomic E-state index is -0.181. The minimum absolute atomic E-state index is 0.181. The molecular formula is C27H20ClN5O. The Morgan fingerprint density at radius 3 is 2.85 bits per heavy atom. The molecule has 34 heavy (non-hydrogen) atoms. The van der Waals surface area contributed by atoms with E-state index in [4.69, 9.17) is 11.6 Å². The number of benzene rings is 2. The van der Waals surface area contributed by atoms with Crippen molar-refractivity contribution in [2.75, 3.05) is 0 Å². The zero-order valence-electron chi connectivity index (χ0n) is 18.4. The lowest BCUT2D eigenvalue weighted by Gasteiger charge is -2.09. The molecule has 5 rings (SSSR count). The van der Waals surface area contributed by atoms with Gasteiger partial charge in [0.2, 0.25) is 0 Å². The maximum absolute atomic E-state index is 12.8. The number of aryl methyl sites for hydroxylation is 1. The zero-order chi connectivity index (χ0) is 23.7. The maximum atomic E-state index is 12.8. The quantitative estimate of drug-likeness (QED) is 0.360. The van der Waals surface area contributed by atoms with Crippen LogP contribution in [0.3, 0.4) is 0 Å². The number of rotatable bonds is 5. The Kier molecular flexibility index (Phi) is 5.70. The van der Waals surface area contributed by atoms with Crippen molar-refractivity contribution in [3.8, 4) is 6.07 Å². The molecule has 2 N–H and O–H groups in total. The summed E-state index contributed by atoms with van der Waals surface area (Å²) in [4.78, 5) is 24.7. The molecule has 1 amide bonds. The fraction of sp³-hybridized carbons (Fsp3) is 0.111. The van der Waals surface area contributed by atoms with Gasteiger partial charge in [0.1, 0.15) is 6.07 Å². The Bertz CT molecular complexity index is 1600. The first-order chi connectivity index (χ1) is 16.5. The van der Waals surface area contributed by atoms with Crippen LogP contribution in [0.4, 0.5) is 0 Å². The van der Waals surface area contributed by atoms with Gasteiger partial charge >= 0.3 is 0 Å². The molecule has 7 heteroatoms. The second-order valence-corrected chi connectivity index (χ2v) is 8.66. The topological polar surface area (TPSA) is 94.5 Å². The Hall–Kier alpha value is -4.21. The molecule has 166 valence electrons. The lowest BCUT2D eigenvalue weighted by Crippen LogP contribution is -2.23. The van der Waals surface area contributed by atoms with Crippen molar-refractivity contribution in [2.45, 2.75) is 19.9 Å². The van der Waals surface area contributed by atoms with E-state index in [0.717, 1.165) is 38.7 Å². The maximum Gasteiger partial charge on any atom is 0.251 e. The highest BCUT2D eigenvalue weighted by molar-refractivity contribution is 6.35. The normalized spacial score (nSPS) is 11.0. The largest absolute Gasteiger partial charge is 0.360 e. The monoisotopic (exact) mass is 465 g/mol. The smallest absolute Gasteiger partial charge is 0.251 e. The van der Waals surface area contributed by atoms with Crippen molar-refractivity contribution in [3.63, 3.8) is 0 Å². The number of hydrogen-bond acceptors (Lipinski definition) is 4. The second kappa shape index (κ2) is 8.97. The van der Waals surface area contributed by atoms with Crippen LogP contribution in [0.2, 0.25) is 5.02 Å². The first-order valence-electron chi connectivity index (χ1n) is 10.8. The molecular weight excluding hydrogens is 446 g/mol. The van der Waals surface area contributed by atoms with Crippen molar-refractivity contribution in [1.82, 2.24) is 20.3 Å². The van der Waals surface area contributed by atoms with Gasteiger partial charge in [0, 0.05) is 59.1 Å². The Morgan fingerprint density at radius 1 is 1.12 bits per heavy atom. The molecule has 5 aromatic rings. The number of aromatic amines is 1. The van der Waals surface area contributed by atoms with E-state index in [1.54, 1.807) is 30.7 Å². The number of carbonyl (C=O) groups excluding carboxylic acids is 1. The predicted octanol–water partition coefficient (Wildman–Crippen LogP) is 5.47. The highest BCUT2D eigenvalue weighted by atomic mass is 35.5. The summed E-state index contributed by atoms with van der Waals surface area (Å²) in [6.07, 6.45) is 5.65. The van der Waals surface area contributed by atoms with E-state index < -0.39 is 0 Å². The molecule has 0 radical (unpaired) electrons. The van der Waals surface area contributed by atoms with Gasteiger partial charge in [0.15, 0.2) is 0 Å². The van der Waals surface area contributed by atoms with Crippen LogP contribution in [0.25, 0.3) is 21.8 Å². The fourth-order valence-corrected chi connectivity index (χ4v) is 4.27. The van der Waals surface area contributed by atoms with E-state index in [9.17, 15) is 10.1 Å². The Morgan fingerprint density at radius 2 is 2.00 bits per heavy atom. The number of hydrogen-bond donors (Lipinski definition) is 2. The van der Waals surface area contributed by atoms with E-state index in [2.05, 4.69) is 26.3 Å². The number of aromatic nitrogens is 3. The summed E-state index contributed by atoms with van der Waals surface area (Å²) < 4.78 is 0. The number of pyridine rings is 2. The van der Waals surface area contributed by atoms with Crippen LogP contribution in [-0.4, -0.2) is 20.9 Å². The van der Waals surface area contributed by atoms with Crippen LogP contribution < -0.4 is 5.32 Å². The fourth-order valence-electron chi connectivity index (χ4n) is 4.06. The minimum Gasteiger partial charge on any atom is -0.360 e. The molecule has 0 aliphatic rings. The molecule has 0 saturated heterocycles. The van der Waals surface area contributed by atoms with E-state index in [1.807, 2.05) is 43.3 Å². The lowest BCUT2D eigenvalue weighted by molar-refractivity contribution is 0.0950. The number of fused-ring (bicyclic) bond motifs is 2. The molecule has 0 aliphatic carbocycles. The van der Waals surface area contributed by atoms with Gasteiger partial charge in [-0.15, -0.1) is 0 Å². The second-order valence-electron chi connectivity index (χ2n) is 8.25. The van der Waals surface area contributed by atoms with Crippen molar-refractivity contribution >= 4 is 39.3 Å². The summed E-state index contributed by atoms with van der Waals surface area (Å²) in [5.41, 5.74) is 6.39. The average molecular weight is 466 g/mol. The van der Waals surface area contributed by atoms with Crippen LogP contribution in [0.15, 0.2) is 67.1 Å². The van der Waals surface area contributed by atoms with Crippen molar-refractivity contribution in [2.24, 2.45) is 0 Å². The van der Waals surface area contributed by atoms with Crippen LogP contribution in [0.1, 0.15) is 38.3 Å². The molecule has 0 atom stereocenters. The third-order valence-electron chi connectivity index (χ3n) is 5.71. The molecule has 2 aromatic carbocycles. The average Bonchev–Trinajstić information content (AvgIpc) is 3.22. The van der Waals surface area contributed by atoms with E-state index >= 15 is 0 Å². The summed E-state index contributed by atoms with van der Waals surface area (Å²) in [6.45, 7) is 2.36. The van der Waals surface area contributed by atoms with Gasteiger partial charge in [-0.3, -0.25) is 14.8 Å². The summed E-state index contributed by atoms with van der Waals surface area (Å²) in [6, 6.07) is 17.5. The molecule has 3 heterocycles. The first kappa shape index (κ1) is 21.6. The number of H-pyrrole nitrogens is 1.